The highest BCUT2D eigenvalue weighted by Crippen LogP contribution is 2.22. The number of thiazole rings is 1. The number of rotatable bonds is 3. The number of imidazole rings is 1. The summed E-state index contributed by atoms with van der Waals surface area (Å²) in [5, 5.41) is 4.78. The van der Waals surface area contributed by atoms with Crippen LogP contribution in [0.5, 0.6) is 0 Å². The van der Waals surface area contributed by atoms with Crippen LogP contribution in [0.2, 0.25) is 5.15 Å². The molecule has 0 aliphatic carbocycles. The second-order valence-electron chi connectivity index (χ2n) is 4.18. The van der Waals surface area contributed by atoms with E-state index in [1.807, 2.05) is 11.6 Å². The summed E-state index contributed by atoms with van der Waals surface area (Å²) < 4.78 is 14.8. The van der Waals surface area contributed by atoms with E-state index >= 15 is 0 Å². The fourth-order valence-electron chi connectivity index (χ4n) is 1.83. The molecule has 1 amide bonds. The van der Waals surface area contributed by atoms with E-state index in [2.05, 4.69) is 10.3 Å². The van der Waals surface area contributed by atoms with Gasteiger partial charge in [0, 0.05) is 23.3 Å². The molecular weight excluding hydrogens is 313 g/mol. The Bertz CT molecular complexity index is 840. The lowest BCUT2D eigenvalue weighted by molar-refractivity contribution is -0.111. The van der Waals surface area contributed by atoms with E-state index < -0.39 is 5.82 Å². The molecule has 106 valence electrons. The Labute approximate surface area is 128 Å². The van der Waals surface area contributed by atoms with Gasteiger partial charge in [-0.1, -0.05) is 17.7 Å². The lowest BCUT2D eigenvalue weighted by atomic mass is 10.3. The molecule has 0 atom stereocenters. The van der Waals surface area contributed by atoms with Gasteiger partial charge in [-0.15, -0.1) is 11.3 Å². The zero-order valence-electron chi connectivity index (χ0n) is 10.6. The van der Waals surface area contributed by atoms with E-state index in [9.17, 15) is 9.18 Å². The summed E-state index contributed by atoms with van der Waals surface area (Å²) in [4.78, 5) is 16.7. The standard InChI is InChI=1S/C14H9ClFN3OS/c15-13-11(19-6-7-21-14(19)18-13)4-5-12(20)17-10-3-1-2-9(16)8-10/h1-8H,(H,17,20)/b5-4+. The Morgan fingerprint density at radius 1 is 1.48 bits per heavy atom. The third kappa shape index (κ3) is 2.96. The van der Waals surface area contributed by atoms with E-state index in [-0.39, 0.29) is 5.91 Å². The van der Waals surface area contributed by atoms with Crippen LogP contribution in [0.1, 0.15) is 5.69 Å². The van der Waals surface area contributed by atoms with Gasteiger partial charge in [0.1, 0.15) is 5.82 Å². The summed E-state index contributed by atoms with van der Waals surface area (Å²) in [7, 11) is 0. The molecule has 2 aromatic heterocycles. The second-order valence-corrected chi connectivity index (χ2v) is 5.41. The first-order valence-electron chi connectivity index (χ1n) is 5.99. The maximum Gasteiger partial charge on any atom is 0.248 e. The summed E-state index contributed by atoms with van der Waals surface area (Å²) in [6.45, 7) is 0. The second kappa shape index (κ2) is 5.67. The van der Waals surface area contributed by atoms with Crippen LogP contribution >= 0.6 is 22.9 Å². The van der Waals surface area contributed by atoms with Crippen molar-refractivity contribution < 1.29 is 9.18 Å². The average molecular weight is 322 g/mol. The molecule has 3 rings (SSSR count). The predicted octanol–water partition coefficient (Wildman–Crippen LogP) is 3.84. The van der Waals surface area contributed by atoms with Crippen LogP contribution in [0.15, 0.2) is 41.9 Å². The van der Waals surface area contributed by atoms with Gasteiger partial charge in [-0.2, -0.15) is 0 Å². The zero-order chi connectivity index (χ0) is 14.8. The van der Waals surface area contributed by atoms with E-state index in [0.29, 0.717) is 16.5 Å². The SMILES string of the molecule is O=C(/C=C/c1c(Cl)nc2sccn12)Nc1cccc(F)c1. The number of carbonyl (C=O) groups excluding carboxylic acids is 1. The highest BCUT2D eigenvalue weighted by Gasteiger charge is 2.08. The van der Waals surface area contributed by atoms with Crippen LogP contribution in [0, 0.1) is 5.82 Å². The van der Waals surface area contributed by atoms with Gasteiger partial charge in [-0.25, -0.2) is 9.37 Å². The van der Waals surface area contributed by atoms with Gasteiger partial charge in [-0.3, -0.25) is 9.20 Å². The highest BCUT2D eigenvalue weighted by atomic mass is 35.5. The van der Waals surface area contributed by atoms with Gasteiger partial charge < -0.3 is 5.32 Å². The van der Waals surface area contributed by atoms with Crippen molar-refractivity contribution >= 4 is 45.6 Å². The molecule has 7 heteroatoms. The largest absolute Gasteiger partial charge is 0.322 e. The maximum atomic E-state index is 13.0. The molecule has 0 bridgehead atoms. The minimum atomic E-state index is -0.407. The first kappa shape index (κ1) is 13.8. The molecule has 3 aromatic rings. The number of benzene rings is 1. The summed E-state index contributed by atoms with van der Waals surface area (Å²) in [5.41, 5.74) is 1.02. The van der Waals surface area contributed by atoms with Crippen LogP contribution in [-0.2, 0) is 4.79 Å². The van der Waals surface area contributed by atoms with Crippen molar-refractivity contribution in [3.63, 3.8) is 0 Å². The molecule has 4 nitrogen and oxygen atoms in total. The molecule has 0 aliphatic heterocycles. The minimum Gasteiger partial charge on any atom is -0.322 e. The molecule has 0 aliphatic rings. The number of nitrogens with zero attached hydrogens (tertiary/aromatic N) is 2. The third-order valence-electron chi connectivity index (χ3n) is 2.74. The summed E-state index contributed by atoms with van der Waals surface area (Å²) in [6, 6.07) is 5.69. The van der Waals surface area contributed by atoms with Gasteiger partial charge in [-0.05, 0) is 24.3 Å². The van der Waals surface area contributed by atoms with Crippen molar-refractivity contribution in [2.75, 3.05) is 5.32 Å². The Morgan fingerprint density at radius 2 is 2.33 bits per heavy atom. The summed E-state index contributed by atoms with van der Waals surface area (Å²) >= 11 is 7.47. The van der Waals surface area contributed by atoms with Crippen LogP contribution in [0.4, 0.5) is 10.1 Å². The monoisotopic (exact) mass is 321 g/mol. The first-order valence-corrected chi connectivity index (χ1v) is 7.25. The molecule has 21 heavy (non-hydrogen) atoms. The van der Waals surface area contributed by atoms with Crippen LogP contribution < -0.4 is 5.32 Å². The quantitative estimate of drug-likeness (QED) is 0.745. The van der Waals surface area contributed by atoms with Gasteiger partial charge in [0.05, 0.1) is 5.69 Å². The average Bonchev–Trinajstić information content (AvgIpc) is 2.97. The van der Waals surface area contributed by atoms with Gasteiger partial charge >= 0.3 is 0 Å². The molecule has 0 spiro atoms. The van der Waals surface area contributed by atoms with Gasteiger partial charge in [0.15, 0.2) is 10.1 Å². The molecule has 0 unspecified atom stereocenters. The van der Waals surface area contributed by atoms with Crippen molar-refractivity contribution in [1.29, 1.82) is 0 Å². The molecule has 1 N–H and O–H groups in total. The predicted molar refractivity (Wildman–Crippen MR) is 82.1 cm³/mol. The zero-order valence-corrected chi connectivity index (χ0v) is 12.2. The molecule has 0 radical (unpaired) electrons. The van der Waals surface area contributed by atoms with Crippen LogP contribution in [0.3, 0.4) is 0 Å². The number of hydrogen-bond acceptors (Lipinski definition) is 3. The van der Waals surface area contributed by atoms with Crippen molar-refractivity contribution in [2.45, 2.75) is 0 Å². The number of fused-ring (bicyclic) bond motifs is 1. The number of halogens is 2. The lowest BCUT2D eigenvalue weighted by Crippen LogP contribution is -2.07. The van der Waals surface area contributed by atoms with Crippen molar-refractivity contribution in [3.8, 4) is 0 Å². The molecule has 0 saturated carbocycles. The van der Waals surface area contributed by atoms with E-state index in [1.165, 1.54) is 35.6 Å². The topological polar surface area (TPSA) is 46.4 Å². The number of nitrogens with one attached hydrogen (secondary N) is 1. The maximum absolute atomic E-state index is 13.0. The van der Waals surface area contributed by atoms with E-state index in [4.69, 9.17) is 11.6 Å². The Kier molecular flexibility index (Phi) is 3.72. The van der Waals surface area contributed by atoms with Crippen molar-refractivity contribution in [2.24, 2.45) is 0 Å². The third-order valence-corrected chi connectivity index (χ3v) is 3.77. The molecule has 2 heterocycles. The fourth-order valence-corrected chi connectivity index (χ4v) is 2.84. The molecule has 1 aromatic carbocycles. The van der Waals surface area contributed by atoms with Crippen LogP contribution in [0.25, 0.3) is 11.0 Å². The summed E-state index contributed by atoms with van der Waals surface area (Å²) in [5.74, 6) is -0.780. The highest BCUT2D eigenvalue weighted by molar-refractivity contribution is 7.15. The number of carbonyl (C=O) groups is 1. The molecular formula is C14H9ClFN3OS. The Balaban J connectivity index is 1.78. The number of aromatic nitrogens is 2. The van der Waals surface area contributed by atoms with Gasteiger partial charge in [0.2, 0.25) is 5.91 Å². The lowest BCUT2D eigenvalue weighted by Gasteiger charge is -2.01. The summed E-state index contributed by atoms with van der Waals surface area (Å²) in [6.07, 6.45) is 4.73. The Hall–Kier alpha value is -2.18. The first-order chi connectivity index (χ1) is 10.1. The van der Waals surface area contributed by atoms with Crippen molar-refractivity contribution in [1.82, 2.24) is 9.38 Å². The normalized spacial score (nSPS) is 11.3. The van der Waals surface area contributed by atoms with Crippen LogP contribution in [-0.4, -0.2) is 15.3 Å². The fraction of sp³-hybridized carbons (Fsp3) is 0. The van der Waals surface area contributed by atoms with E-state index in [0.717, 1.165) is 4.96 Å². The van der Waals surface area contributed by atoms with Crippen molar-refractivity contribution in [3.05, 3.63) is 58.6 Å². The van der Waals surface area contributed by atoms with E-state index in [1.54, 1.807) is 16.5 Å². The number of hydrogen-bond donors (Lipinski definition) is 1. The molecule has 0 fully saturated rings. The Morgan fingerprint density at radius 3 is 3.14 bits per heavy atom. The minimum absolute atomic E-state index is 0.330. The number of anilines is 1. The smallest absolute Gasteiger partial charge is 0.248 e. The van der Waals surface area contributed by atoms with Gasteiger partial charge in [0.25, 0.3) is 0 Å². The molecule has 0 saturated heterocycles. The number of amides is 1.